The lowest BCUT2D eigenvalue weighted by Gasteiger charge is -2.29. The maximum absolute atomic E-state index is 14.4. The van der Waals surface area contributed by atoms with Crippen molar-refractivity contribution in [2.24, 2.45) is 0 Å². The standard InChI is InChI=1S/C20H21FN4OS/c21-17-11-15(4-5-19(17)25-7-9-26-10-8-25)12-22-13-16-14-27-20(24-16)18-3-1-2-6-23-18/h1-6,11,14,22H,7-10,12-13H2. The predicted octanol–water partition coefficient (Wildman–Crippen LogP) is 3.47. The highest BCUT2D eigenvalue weighted by atomic mass is 32.1. The predicted molar refractivity (Wildman–Crippen MR) is 105 cm³/mol. The summed E-state index contributed by atoms with van der Waals surface area (Å²) in [6.07, 6.45) is 1.77. The second-order valence-electron chi connectivity index (χ2n) is 6.35. The molecule has 1 N–H and O–H groups in total. The molecule has 3 heterocycles. The van der Waals surface area contributed by atoms with Crippen LogP contribution >= 0.6 is 11.3 Å². The quantitative estimate of drug-likeness (QED) is 0.705. The van der Waals surface area contributed by atoms with Gasteiger partial charge < -0.3 is 15.0 Å². The summed E-state index contributed by atoms with van der Waals surface area (Å²) in [5, 5.41) is 6.27. The molecule has 0 bridgehead atoms. The molecule has 1 fully saturated rings. The second kappa shape index (κ2) is 8.56. The lowest BCUT2D eigenvalue weighted by molar-refractivity contribution is 0.122. The van der Waals surface area contributed by atoms with Crippen molar-refractivity contribution in [3.63, 3.8) is 0 Å². The first-order valence-electron chi connectivity index (χ1n) is 8.97. The molecule has 0 amide bonds. The molecule has 27 heavy (non-hydrogen) atoms. The van der Waals surface area contributed by atoms with E-state index >= 15 is 0 Å². The fourth-order valence-corrected chi connectivity index (χ4v) is 3.85. The van der Waals surface area contributed by atoms with Gasteiger partial charge in [0.2, 0.25) is 0 Å². The number of benzene rings is 1. The molecule has 2 aromatic heterocycles. The number of nitrogens with one attached hydrogen (secondary N) is 1. The van der Waals surface area contributed by atoms with Crippen LogP contribution in [0.2, 0.25) is 0 Å². The number of morpholine rings is 1. The van der Waals surface area contributed by atoms with E-state index in [-0.39, 0.29) is 5.82 Å². The lowest BCUT2D eigenvalue weighted by Crippen LogP contribution is -2.36. The van der Waals surface area contributed by atoms with Crippen LogP contribution < -0.4 is 10.2 Å². The number of hydrogen-bond donors (Lipinski definition) is 1. The van der Waals surface area contributed by atoms with E-state index in [1.54, 1.807) is 23.6 Å². The molecule has 1 aliphatic heterocycles. The molecule has 0 unspecified atom stereocenters. The van der Waals surface area contributed by atoms with Crippen molar-refractivity contribution in [2.45, 2.75) is 13.1 Å². The molecule has 4 rings (SSSR count). The van der Waals surface area contributed by atoms with Crippen LogP contribution in [0, 0.1) is 5.82 Å². The van der Waals surface area contributed by atoms with E-state index in [2.05, 4.69) is 15.3 Å². The van der Waals surface area contributed by atoms with E-state index in [0.29, 0.717) is 32.0 Å². The highest BCUT2D eigenvalue weighted by Gasteiger charge is 2.15. The first kappa shape index (κ1) is 18.0. The van der Waals surface area contributed by atoms with Gasteiger partial charge in [-0.1, -0.05) is 12.1 Å². The van der Waals surface area contributed by atoms with Crippen molar-refractivity contribution in [1.29, 1.82) is 0 Å². The second-order valence-corrected chi connectivity index (χ2v) is 7.21. The van der Waals surface area contributed by atoms with Gasteiger partial charge in [-0.05, 0) is 29.8 Å². The Morgan fingerprint density at radius 1 is 1.15 bits per heavy atom. The SMILES string of the molecule is Fc1cc(CNCc2csc(-c3ccccn3)n2)ccc1N1CCOCC1. The summed E-state index contributed by atoms with van der Waals surface area (Å²) < 4.78 is 19.8. The van der Waals surface area contributed by atoms with Crippen molar-refractivity contribution in [3.05, 3.63) is 65.0 Å². The smallest absolute Gasteiger partial charge is 0.146 e. The molecule has 0 aliphatic carbocycles. The third-order valence-electron chi connectivity index (χ3n) is 4.43. The minimum atomic E-state index is -0.178. The van der Waals surface area contributed by atoms with Crippen molar-refractivity contribution < 1.29 is 9.13 Å². The highest BCUT2D eigenvalue weighted by molar-refractivity contribution is 7.13. The Balaban J connectivity index is 1.33. The van der Waals surface area contributed by atoms with Gasteiger partial charge in [-0.15, -0.1) is 11.3 Å². The number of hydrogen-bond acceptors (Lipinski definition) is 6. The van der Waals surface area contributed by atoms with Gasteiger partial charge in [0.15, 0.2) is 0 Å². The van der Waals surface area contributed by atoms with Crippen molar-refractivity contribution in [2.75, 3.05) is 31.2 Å². The van der Waals surface area contributed by atoms with Crippen molar-refractivity contribution in [3.8, 4) is 10.7 Å². The normalized spacial score (nSPS) is 14.5. The Morgan fingerprint density at radius 3 is 2.81 bits per heavy atom. The Bertz CT molecular complexity index is 881. The molecule has 0 spiro atoms. The molecule has 140 valence electrons. The van der Waals surface area contributed by atoms with Crippen LogP contribution in [0.3, 0.4) is 0 Å². The summed E-state index contributed by atoms with van der Waals surface area (Å²) in [7, 11) is 0. The molecule has 1 aliphatic rings. The minimum absolute atomic E-state index is 0.178. The van der Waals surface area contributed by atoms with E-state index in [1.165, 1.54) is 0 Å². The first-order chi connectivity index (χ1) is 13.3. The number of thiazole rings is 1. The molecule has 1 aromatic carbocycles. The summed E-state index contributed by atoms with van der Waals surface area (Å²) in [4.78, 5) is 11.0. The van der Waals surface area contributed by atoms with E-state index in [0.717, 1.165) is 35.0 Å². The Hall–Kier alpha value is -2.35. The monoisotopic (exact) mass is 384 g/mol. The third kappa shape index (κ3) is 4.50. The van der Waals surface area contributed by atoms with Crippen LogP contribution in [0.25, 0.3) is 10.7 Å². The number of anilines is 1. The van der Waals surface area contributed by atoms with Crippen LogP contribution in [0.1, 0.15) is 11.3 Å². The summed E-state index contributed by atoms with van der Waals surface area (Å²) in [6.45, 7) is 3.99. The highest BCUT2D eigenvalue weighted by Crippen LogP contribution is 2.23. The van der Waals surface area contributed by atoms with Gasteiger partial charge in [0, 0.05) is 37.8 Å². The fraction of sp³-hybridized carbons (Fsp3) is 0.300. The zero-order valence-corrected chi connectivity index (χ0v) is 15.7. The van der Waals surface area contributed by atoms with E-state index in [9.17, 15) is 4.39 Å². The van der Waals surface area contributed by atoms with Gasteiger partial charge >= 0.3 is 0 Å². The van der Waals surface area contributed by atoms with Gasteiger partial charge in [-0.3, -0.25) is 4.98 Å². The maximum Gasteiger partial charge on any atom is 0.146 e. The van der Waals surface area contributed by atoms with Crippen LogP contribution in [-0.4, -0.2) is 36.3 Å². The number of aromatic nitrogens is 2. The Kier molecular flexibility index (Phi) is 5.72. The summed E-state index contributed by atoms with van der Waals surface area (Å²) in [5.74, 6) is -0.178. The van der Waals surface area contributed by atoms with Crippen molar-refractivity contribution in [1.82, 2.24) is 15.3 Å². The summed E-state index contributed by atoms with van der Waals surface area (Å²) >= 11 is 1.58. The summed E-state index contributed by atoms with van der Waals surface area (Å²) in [5.41, 5.74) is 3.42. The zero-order chi connectivity index (χ0) is 18.5. The lowest BCUT2D eigenvalue weighted by atomic mass is 10.1. The number of nitrogens with zero attached hydrogens (tertiary/aromatic N) is 3. The number of rotatable bonds is 6. The fourth-order valence-electron chi connectivity index (χ4n) is 3.05. The van der Waals surface area contributed by atoms with Crippen LogP contribution in [0.5, 0.6) is 0 Å². The Morgan fingerprint density at radius 2 is 2.04 bits per heavy atom. The molecule has 5 nitrogen and oxygen atoms in total. The first-order valence-corrected chi connectivity index (χ1v) is 9.85. The van der Waals surface area contributed by atoms with Crippen molar-refractivity contribution >= 4 is 17.0 Å². The molecule has 1 saturated heterocycles. The molecule has 0 atom stereocenters. The Labute approximate surface area is 161 Å². The number of pyridine rings is 1. The third-order valence-corrected chi connectivity index (χ3v) is 5.35. The molecule has 0 radical (unpaired) electrons. The molecule has 7 heteroatoms. The van der Waals surface area contributed by atoms with Crippen LogP contribution in [0.4, 0.5) is 10.1 Å². The molecular formula is C20H21FN4OS. The van der Waals surface area contributed by atoms with Crippen LogP contribution in [0.15, 0.2) is 48.0 Å². The molecular weight excluding hydrogens is 363 g/mol. The summed E-state index contributed by atoms with van der Waals surface area (Å²) in [6, 6.07) is 11.2. The van der Waals surface area contributed by atoms with E-state index in [1.807, 2.05) is 40.6 Å². The van der Waals surface area contributed by atoms with E-state index < -0.39 is 0 Å². The maximum atomic E-state index is 14.4. The van der Waals surface area contributed by atoms with Gasteiger partial charge in [-0.2, -0.15) is 0 Å². The topological polar surface area (TPSA) is 50.3 Å². The average molecular weight is 384 g/mol. The zero-order valence-electron chi connectivity index (χ0n) is 14.9. The van der Waals surface area contributed by atoms with Gasteiger partial charge in [0.05, 0.1) is 30.3 Å². The van der Waals surface area contributed by atoms with Gasteiger partial charge in [0.1, 0.15) is 10.8 Å². The van der Waals surface area contributed by atoms with Crippen LogP contribution in [-0.2, 0) is 17.8 Å². The van der Waals surface area contributed by atoms with Gasteiger partial charge in [-0.25, -0.2) is 9.37 Å². The average Bonchev–Trinajstić information content (AvgIpc) is 3.18. The number of halogens is 1. The largest absolute Gasteiger partial charge is 0.378 e. The number of ether oxygens (including phenoxy) is 1. The van der Waals surface area contributed by atoms with Gasteiger partial charge in [0.25, 0.3) is 0 Å². The minimum Gasteiger partial charge on any atom is -0.378 e. The molecule has 3 aromatic rings. The van der Waals surface area contributed by atoms with E-state index in [4.69, 9.17) is 4.74 Å². The molecule has 0 saturated carbocycles.